The molecule has 1 fully saturated rings. The summed E-state index contributed by atoms with van der Waals surface area (Å²) in [6.07, 6.45) is 1.69. The molecule has 0 radical (unpaired) electrons. The molecule has 0 atom stereocenters. The summed E-state index contributed by atoms with van der Waals surface area (Å²) in [6, 6.07) is 18.2. The molecule has 0 bridgehead atoms. The standard InChI is InChI=1S/C28H34ClN7O2/c1-32-25-24(26(37)33(2)28(32)38)36(15-12-21-8-4-3-5-9-21)27(31-25)30-13-7-14-34-16-18-35(19-17-34)23-11-6-10-22(29)20-23/h3-6,8-11,20H,7,12-19H2,1-2H3,(H,30,31). The first-order valence-electron chi connectivity index (χ1n) is 13.1. The lowest BCUT2D eigenvalue weighted by atomic mass is 10.1. The van der Waals surface area contributed by atoms with E-state index in [4.69, 9.17) is 16.6 Å². The molecule has 9 nitrogen and oxygen atoms in total. The Morgan fingerprint density at radius 1 is 0.921 bits per heavy atom. The molecule has 0 spiro atoms. The highest BCUT2D eigenvalue weighted by molar-refractivity contribution is 6.30. The van der Waals surface area contributed by atoms with Gasteiger partial charge in [-0.3, -0.25) is 18.8 Å². The number of halogens is 1. The van der Waals surface area contributed by atoms with E-state index in [0.29, 0.717) is 23.7 Å². The van der Waals surface area contributed by atoms with Crippen molar-refractivity contribution >= 4 is 34.4 Å². The van der Waals surface area contributed by atoms with Crippen molar-refractivity contribution in [3.8, 4) is 0 Å². The largest absolute Gasteiger partial charge is 0.369 e. The van der Waals surface area contributed by atoms with Crippen LogP contribution in [0.2, 0.25) is 5.02 Å². The van der Waals surface area contributed by atoms with Gasteiger partial charge < -0.3 is 14.8 Å². The van der Waals surface area contributed by atoms with Crippen LogP contribution in [0.15, 0.2) is 64.2 Å². The van der Waals surface area contributed by atoms with E-state index in [1.54, 1.807) is 7.05 Å². The normalized spacial score (nSPS) is 14.3. The molecule has 3 heterocycles. The van der Waals surface area contributed by atoms with Crippen molar-refractivity contribution in [3.05, 3.63) is 86.0 Å². The summed E-state index contributed by atoms with van der Waals surface area (Å²) in [6.45, 7) is 6.22. The van der Waals surface area contributed by atoms with Gasteiger partial charge in [-0.2, -0.15) is 4.98 Å². The number of aryl methyl sites for hydroxylation is 3. The summed E-state index contributed by atoms with van der Waals surface area (Å²) in [5.41, 5.74) is 2.51. The van der Waals surface area contributed by atoms with Crippen LogP contribution in [-0.2, 0) is 27.1 Å². The average molecular weight is 536 g/mol. The number of hydrogen-bond donors (Lipinski definition) is 1. The maximum absolute atomic E-state index is 13.1. The topological polar surface area (TPSA) is 80.3 Å². The van der Waals surface area contributed by atoms with E-state index in [2.05, 4.69) is 33.3 Å². The van der Waals surface area contributed by atoms with Crippen LogP contribution >= 0.6 is 11.6 Å². The van der Waals surface area contributed by atoms with E-state index in [0.717, 1.165) is 61.7 Å². The monoisotopic (exact) mass is 535 g/mol. The van der Waals surface area contributed by atoms with Gasteiger partial charge in [0.25, 0.3) is 5.56 Å². The Balaban J connectivity index is 1.24. The first kappa shape index (κ1) is 26.1. The van der Waals surface area contributed by atoms with Crippen LogP contribution in [0.4, 0.5) is 11.6 Å². The number of hydrogen-bond acceptors (Lipinski definition) is 6. The number of aromatic nitrogens is 4. The van der Waals surface area contributed by atoms with Gasteiger partial charge in [-0.1, -0.05) is 48.0 Å². The number of fused-ring (bicyclic) bond motifs is 1. The maximum atomic E-state index is 13.1. The van der Waals surface area contributed by atoms with Crippen LogP contribution < -0.4 is 21.5 Å². The quantitative estimate of drug-likeness (QED) is 0.332. The summed E-state index contributed by atoms with van der Waals surface area (Å²) in [5, 5.41) is 4.22. The molecule has 1 saturated heterocycles. The molecule has 0 unspecified atom stereocenters. The van der Waals surface area contributed by atoms with Crippen molar-refractivity contribution in [1.29, 1.82) is 0 Å². The first-order chi connectivity index (χ1) is 18.4. The lowest BCUT2D eigenvalue weighted by Gasteiger charge is -2.36. The summed E-state index contributed by atoms with van der Waals surface area (Å²) in [4.78, 5) is 35.1. The van der Waals surface area contributed by atoms with Crippen molar-refractivity contribution in [2.75, 3.05) is 49.5 Å². The summed E-state index contributed by atoms with van der Waals surface area (Å²) < 4.78 is 4.52. The molecule has 10 heteroatoms. The molecule has 1 N–H and O–H groups in total. The zero-order valence-electron chi connectivity index (χ0n) is 21.9. The SMILES string of the molecule is Cn1c(=O)c2c(nc(NCCCN3CCN(c4cccc(Cl)c4)CC3)n2CCc2ccccc2)n(C)c1=O. The Kier molecular flexibility index (Phi) is 7.85. The number of nitrogens with one attached hydrogen (secondary N) is 1. The van der Waals surface area contributed by atoms with Crippen molar-refractivity contribution in [2.24, 2.45) is 14.1 Å². The van der Waals surface area contributed by atoms with Crippen molar-refractivity contribution < 1.29 is 0 Å². The summed E-state index contributed by atoms with van der Waals surface area (Å²) in [5.74, 6) is 0.625. The van der Waals surface area contributed by atoms with Crippen molar-refractivity contribution in [1.82, 2.24) is 23.6 Å². The smallest absolute Gasteiger partial charge is 0.332 e. The second-order valence-electron chi connectivity index (χ2n) is 9.79. The van der Waals surface area contributed by atoms with E-state index in [-0.39, 0.29) is 11.2 Å². The molecule has 4 aromatic rings. The predicted octanol–water partition coefficient (Wildman–Crippen LogP) is 2.95. The number of anilines is 2. The van der Waals surface area contributed by atoms with E-state index in [9.17, 15) is 9.59 Å². The van der Waals surface area contributed by atoms with Gasteiger partial charge >= 0.3 is 5.69 Å². The first-order valence-corrected chi connectivity index (χ1v) is 13.5. The molecule has 200 valence electrons. The lowest BCUT2D eigenvalue weighted by molar-refractivity contribution is 0.257. The van der Waals surface area contributed by atoms with Crippen LogP contribution in [0, 0.1) is 0 Å². The van der Waals surface area contributed by atoms with Crippen LogP contribution in [-0.4, -0.2) is 62.9 Å². The van der Waals surface area contributed by atoms with Gasteiger partial charge in [0.1, 0.15) is 0 Å². The molecule has 2 aromatic carbocycles. The molecule has 5 rings (SSSR count). The number of rotatable bonds is 9. The molecule has 38 heavy (non-hydrogen) atoms. The third-order valence-corrected chi connectivity index (χ3v) is 7.53. The Hall–Kier alpha value is -3.56. The molecule has 1 aliphatic heterocycles. The zero-order valence-corrected chi connectivity index (χ0v) is 22.7. The minimum Gasteiger partial charge on any atom is -0.369 e. The molecule has 2 aromatic heterocycles. The fraction of sp³-hybridized carbons (Fsp3) is 0.393. The highest BCUT2D eigenvalue weighted by Crippen LogP contribution is 2.21. The maximum Gasteiger partial charge on any atom is 0.332 e. The molecule has 1 aliphatic rings. The van der Waals surface area contributed by atoms with Crippen LogP contribution in [0.3, 0.4) is 0 Å². The fourth-order valence-electron chi connectivity index (χ4n) is 5.09. The van der Waals surface area contributed by atoms with Gasteiger partial charge in [0.2, 0.25) is 5.95 Å². The summed E-state index contributed by atoms with van der Waals surface area (Å²) in [7, 11) is 3.17. The summed E-state index contributed by atoms with van der Waals surface area (Å²) >= 11 is 6.16. The Morgan fingerprint density at radius 3 is 2.42 bits per heavy atom. The lowest BCUT2D eigenvalue weighted by Crippen LogP contribution is -2.46. The highest BCUT2D eigenvalue weighted by atomic mass is 35.5. The third-order valence-electron chi connectivity index (χ3n) is 7.29. The molecule has 0 saturated carbocycles. The minimum atomic E-state index is -0.376. The Bertz CT molecular complexity index is 1520. The molecular weight excluding hydrogens is 502 g/mol. The van der Waals surface area contributed by atoms with Gasteiger partial charge in [0.15, 0.2) is 11.2 Å². The zero-order chi connectivity index (χ0) is 26.6. The minimum absolute atomic E-state index is 0.325. The highest BCUT2D eigenvalue weighted by Gasteiger charge is 2.20. The Labute approximate surface area is 226 Å². The Morgan fingerprint density at radius 2 is 1.68 bits per heavy atom. The second kappa shape index (κ2) is 11.4. The van der Waals surface area contributed by atoms with Gasteiger partial charge in [-0.05, 0) is 43.1 Å². The molecule has 0 amide bonds. The molecular formula is C28H34ClN7O2. The van der Waals surface area contributed by atoms with E-state index in [1.165, 1.54) is 22.9 Å². The van der Waals surface area contributed by atoms with Gasteiger partial charge in [-0.15, -0.1) is 0 Å². The predicted molar refractivity (Wildman–Crippen MR) is 154 cm³/mol. The van der Waals surface area contributed by atoms with Crippen LogP contribution in [0.1, 0.15) is 12.0 Å². The van der Waals surface area contributed by atoms with Gasteiger partial charge in [0, 0.05) is 64.1 Å². The number of nitrogens with zero attached hydrogens (tertiary/aromatic N) is 6. The van der Waals surface area contributed by atoms with Crippen LogP contribution in [0.25, 0.3) is 11.2 Å². The second-order valence-corrected chi connectivity index (χ2v) is 10.2. The number of benzene rings is 2. The molecule has 0 aliphatic carbocycles. The van der Waals surface area contributed by atoms with Crippen LogP contribution in [0.5, 0.6) is 0 Å². The van der Waals surface area contributed by atoms with E-state index in [1.807, 2.05) is 41.0 Å². The number of imidazole rings is 1. The van der Waals surface area contributed by atoms with Gasteiger partial charge in [-0.25, -0.2) is 4.79 Å². The number of piperazine rings is 1. The van der Waals surface area contributed by atoms with Gasteiger partial charge in [0.05, 0.1) is 0 Å². The van der Waals surface area contributed by atoms with E-state index < -0.39 is 0 Å². The van der Waals surface area contributed by atoms with Crippen molar-refractivity contribution in [2.45, 2.75) is 19.4 Å². The average Bonchev–Trinajstić information content (AvgIpc) is 3.31. The van der Waals surface area contributed by atoms with E-state index >= 15 is 0 Å². The third kappa shape index (κ3) is 5.49. The van der Waals surface area contributed by atoms with Crippen molar-refractivity contribution in [3.63, 3.8) is 0 Å². The fourth-order valence-corrected chi connectivity index (χ4v) is 5.27.